The van der Waals surface area contributed by atoms with Crippen molar-refractivity contribution in [1.82, 2.24) is 5.43 Å². The van der Waals surface area contributed by atoms with E-state index in [1.165, 1.54) is 0 Å². The highest BCUT2D eigenvalue weighted by Crippen LogP contribution is 2.63. The number of nitrogens with one attached hydrogen (secondary N) is 2. The van der Waals surface area contributed by atoms with Crippen LogP contribution in [0.4, 0.5) is 5.69 Å². The normalized spacial score (nSPS) is 25.9. The standard InChI is InChI=1S/C11H12Cl2N2O/c1-10(7-11(10,12)13)9(16)15-14-8-5-3-2-4-6-8/h2-6,14H,7H2,1H3,(H,15,16)/t10-/m0/s1. The van der Waals surface area contributed by atoms with Gasteiger partial charge in [-0.2, -0.15) is 0 Å². The van der Waals surface area contributed by atoms with Gasteiger partial charge in [0, 0.05) is 0 Å². The van der Waals surface area contributed by atoms with Crippen molar-refractivity contribution in [1.29, 1.82) is 0 Å². The van der Waals surface area contributed by atoms with Gasteiger partial charge in [0.15, 0.2) is 0 Å². The van der Waals surface area contributed by atoms with Crippen molar-refractivity contribution in [3.05, 3.63) is 30.3 Å². The third kappa shape index (κ3) is 1.97. The maximum atomic E-state index is 11.8. The Hall–Kier alpha value is -0.930. The van der Waals surface area contributed by atoms with Gasteiger partial charge in [0.1, 0.15) is 4.33 Å². The van der Waals surface area contributed by atoms with Crippen molar-refractivity contribution in [3.8, 4) is 0 Å². The Balaban J connectivity index is 1.91. The molecule has 0 spiro atoms. The molecule has 2 N–H and O–H groups in total. The van der Waals surface area contributed by atoms with Gasteiger partial charge in [-0.15, -0.1) is 23.2 Å². The molecule has 5 heteroatoms. The zero-order valence-electron chi connectivity index (χ0n) is 8.76. The molecule has 1 aromatic carbocycles. The number of halogens is 2. The van der Waals surface area contributed by atoms with Gasteiger partial charge in [-0.3, -0.25) is 15.6 Å². The maximum absolute atomic E-state index is 11.8. The first-order chi connectivity index (χ1) is 7.46. The summed E-state index contributed by atoms with van der Waals surface area (Å²) in [5, 5.41) is 0. The molecule has 0 bridgehead atoms. The Morgan fingerprint density at radius 2 is 1.88 bits per heavy atom. The predicted octanol–water partition coefficient (Wildman–Crippen LogP) is 2.71. The minimum atomic E-state index is -0.935. The number of benzene rings is 1. The molecule has 1 atom stereocenters. The van der Waals surface area contributed by atoms with E-state index in [0.29, 0.717) is 6.42 Å². The molecule has 0 heterocycles. The van der Waals surface area contributed by atoms with E-state index >= 15 is 0 Å². The van der Waals surface area contributed by atoms with E-state index in [1.807, 2.05) is 30.3 Å². The number of carbonyl (C=O) groups is 1. The Morgan fingerprint density at radius 3 is 2.38 bits per heavy atom. The third-order valence-electron chi connectivity index (χ3n) is 2.85. The Labute approximate surface area is 104 Å². The SMILES string of the molecule is C[C@@]1(C(=O)NNc2ccccc2)CC1(Cl)Cl. The number of anilines is 1. The molecular formula is C11H12Cl2N2O. The average molecular weight is 259 g/mol. The summed E-state index contributed by atoms with van der Waals surface area (Å²) < 4.78 is -0.935. The maximum Gasteiger partial charge on any atom is 0.247 e. The number of rotatable bonds is 3. The molecule has 2 rings (SSSR count). The van der Waals surface area contributed by atoms with Gasteiger partial charge >= 0.3 is 0 Å². The molecule has 0 radical (unpaired) electrons. The molecule has 1 fully saturated rings. The van der Waals surface area contributed by atoms with E-state index in [4.69, 9.17) is 23.2 Å². The number of amides is 1. The fourth-order valence-electron chi connectivity index (χ4n) is 1.43. The molecule has 1 aliphatic rings. The van der Waals surface area contributed by atoms with Crippen LogP contribution in [0.3, 0.4) is 0 Å². The van der Waals surface area contributed by atoms with Crippen molar-refractivity contribution in [3.63, 3.8) is 0 Å². The molecule has 0 unspecified atom stereocenters. The van der Waals surface area contributed by atoms with Gasteiger partial charge in [0.05, 0.1) is 11.1 Å². The van der Waals surface area contributed by atoms with E-state index < -0.39 is 9.75 Å². The quantitative estimate of drug-likeness (QED) is 0.647. The van der Waals surface area contributed by atoms with Gasteiger partial charge in [-0.05, 0) is 25.5 Å². The number of hydrogen-bond acceptors (Lipinski definition) is 2. The number of hydrazine groups is 1. The molecular weight excluding hydrogens is 247 g/mol. The Morgan fingerprint density at radius 1 is 1.31 bits per heavy atom. The van der Waals surface area contributed by atoms with Crippen LogP contribution in [0.5, 0.6) is 0 Å². The second kappa shape index (κ2) is 3.82. The smallest absolute Gasteiger partial charge is 0.247 e. The highest BCUT2D eigenvalue weighted by molar-refractivity contribution is 6.53. The lowest BCUT2D eigenvalue weighted by molar-refractivity contribution is -0.125. The monoisotopic (exact) mass is 258 g/mol. The van der Waals surface area contributed by atoms with Gasteiger partial charge in [-0.1, -0.05) is 18.2 Å². The van der Waals surface area contributed by atoms with Crippen molar-refractivity contribution in [2.75, 3.05) is 5.43 Å². The first kappa shape index (κ1) is 11.6. The fraction of sp³-hybridized carbons (Fsp3) is 0.364. The van der Waals surface area contributed by atoms with E-state index in [1.54, 1.807) is 6.92 Å². The minimum Gasteiger partial charge on any atom is -0.299 e. The zero-order chi connectivity index (χ0) is 11.8. The predicted molar refractivity (Wildman–Crippen MR) is 65.4 cm³/mol. The topological polar surface area (TPSA) is 41.1 Å². The van der Waals surface area contributed by atoms with Crippen molar-refractivity contribution in [2.24, 2.45) is 5.41 Å². The molecule has 1 amide bonds. The number of para-hydroxylation sites is 1. The molecule has 1 aliphatic carbocycles. The highest BCUT2D eigenvalue weighted by atomic mass is 35.5. The average Bonchev–Trinajstić information content (AvgIpc) is 2.78. The molecule has 86 valence electrons. The molecule has 16 heavy (non-hydrogen) atoms. The van der Waals surface area contributed by atoms with E-state index in [2.05, 4.69) is 10.9 Å². The summed E-state index contributed by atoms with van der Waals surface area (Å²) in [6.45, 7) is 1.75. The summed E-state index contributed by atoms with van der Waals surface area (Å²) >= 11 is 11.8. The minimum absolute atomic E-state index is 0.193. The van der Waals surface area contributed by atoms with E-state index in [9.17, 15) is 4.79 Å². The lowest BCUT2D eigenvalue weighted by Crippen LogP contribution is -2.37. The molecule has 0 saturated heterocycles. The summed E-state index contributed by atoms with van der Waals surface area (Å²) in [7, 11) is 0. The second-order valence-corrected chi connectivity index (χ2v) is 5.64. The van der Waals surface area contributed by atoms with Crippen LogP contribution in [0.25, 0.3) is 0 Å². The van der Waals surface area contributed by atoms with Crippen molar-refractivity contribution < 1.29 is 4.79 Å². The summed E-state index contributed by atoms with van der Waals surface area (Å²) in [4.78, 5) is 11.8. The summed E-state index contributed by atoms with van der Waals surface area (Å²) in [5.41, 5.74) is 5.53. The summed E-state index contributed by atoms with van der Waals surface area (Å²) in [6.07, 6.45) is 0.478. The first-order valence-corrected chi connectivity index (χ1v) is 5.71. The largest absolute Gasteiger partial charge is 0.299 e. The first-order valence-electron chi connectivity index (χ1n) is 4.95. The van der Waals surface area contributed by atoms with Crippen LogP contribution in [-0.4, -0.2) is 10.2 Å². The highest BCUT2D eigenvalue weighted by Gasteiger charge is 2.68. The summed E-state index contributed by atoms with van der Waals surface area (Å²) in [6, 6.07) is 9.35. The number of hydrogen-bond donors (Lipinski definition) is 2. The van der Waals surface area contributed by atoms with Gasteiger partial charge in [0.25, 0.3) is 0 Å². The van der Waals surface area contributed by atoms with Crippen LogP contribution in [0, 0.1) is 5.41 Å². The van der Waals surface area contributed by atoms with Crippen LogP contribution >= 0.6 is 23.2 Å². The van der Waals surface area contributed by atoms with Crippen LogP contribution in [0.1, 0.15) is 13.3 Å². The Kier molecular flexibility index (Phi) is 2.76. The number of alkyl halides is 2. The third-order valence-corrected chi connectivity index (χ3v) is 3.95. The molecule has 1 saturated carbocycles. The molecule has 0 aliphatic heterocycles. The second-order valence-electron chi connectivity index (χ2n) is 4.16. The zero-order valence-corrected chi connectivity index (χ0v) is 10.3. The van der Waals surface area contributed by atoms with E-state index in [0.717, 1.165) is 5.69 Å². The van der Waals surface area contributed by atoms with E-state index in [-0.39, 0.29) is 5.91 Å². The van der Waals surface area contributed by atoms with Crippen molar-refractivity contribution >= 4 is 34.8 Å². The number of carbonyl (C=O) groups excluding carboxylic acids is 1. The van der Waals surface area contributed by atoms with Crippen molar-refractivity contribution in [2.45, 2.75) is 17.7 Å². The lowest BCUT2D eigenvalue weighted by Gasteiger charge is -2.13. The lowest BCUT2D eigenvalue weighted by atomic mass is 10.1. The van der Waals surface area contributed by atoms with Gasteiger partial charge in [-0.25, -0.2) is 0 Å². The molecule has 1 aromatic rings. The fourth-order valence-corrected chi connectivity index (χ4v) is 2.14. The van der Waals surface area contributed by atoms with Gasteiger partial charge in [0.2, 0.25) is 5.91 Å². The summed E-state index contributed by atoms with van der Waals surface area (Å²) in [5.74, 6) is -0.193. The van der Waals surface area contributed by atoms with Crippen LogP contribution < -0.4 is 10.9 Å². The van der Waals surface area contributed by atoms with Crippen LogP contribution in [0.2, 0.25) is 0 Å². The van der Waals surface area contributed by atoms with Gasteiger partial charge < -0.3 is 0 Å². The molecule has 0 aromatic heterocycles. The van der Waals surface area contributed by atoms with Crippen LogP contribution in [0.15, 0.2) is 30.3 Å². The molecule has 3 nitrogen and oxygen atoms in total. The van der Waals surface area contributed by atoms with Crippen LogP contribution in [-0.2, 0) is 4.79 Å². The Bertz CT molecular complexity index is 408.